The Morgan fingerprint density at radius 1 is 1.14 bits per heavy atom. The van der Waals surface area contributed by atoms with Crippen molar-refractivity contribution in [1.29, 1.82) is 0 Å². The first-order valence-electron chi connectivity index (χ1n) is 7.56. The van der Waals surface area contributed by atoms with Crippen molar-refractivity contribution in [2.75, 3.05) is 11.9 Å². The summed E-state index contributed by atoms with van der Waals surface area (Å²) in [5, 5.41) is 12.5. The molecule has 1 aliphatic rings. The monoisotopic (exact) mass is 293 g/mol. The molecule has 0 amide bonds. The second-order valence-corrected chi connectivity index (χ2v) is 5.58. The number of anilines is 1. The molecule has 1 atom stereocenters. The average molecular weight is 293 g/mol. The Balaban J connectivity index is 1.75. The maximum atomic E-state index is 11.1. The summed E-state index contributed by atoms with van der Waals surface area (Å²) in [5.41, 5.74) is 4.42. The number of para-hydroxylation sites is 1. The molecule has 112 valence electrons. The van der Waals surface area contributed by atoms with Crippen LogP contribution in [0.3, 0.4) is 0 Å². The second kappa shape index (κ2) is 6.48. The highest BCUT2D eigenvalue weighted by Gasteiger charge is 2.21. The number of allylic oxidation sites excluding steroid dienone is 1. The lowest BCUT2D eigenvalue weighted by Crippen LogP contribution is -2.03. The number of hydrogen-bond acceptors (Lipinski definition) is 2. The van der Waals surface area contributed by atoms with Crippen LogP contribution in [0.5, 0.6) is 0 Å². The van der Waals surface area contributed by atoms with Crippen molar-refractivity contribution in [1.82, 2.24) is 0 Å². The van der Waals surface area contributed by atoms with Crippen molar-refractivity contribution < 1.29 is 9.90 Å². The Morgan fingerprint density at radius 2 is 1.86 bits per heavy atom. The molecular formula is C19H19NO2. The molecule has 0 fully saturated rings. The molecule has 3 rings (SSSR count). The van der Waals surface area contributed by atoms with Crippen LogP contribution in [0.15, 0.2) is 60.7 Å². The van der Waals surface area contributed by atoms with Gasteiger partial charge in [0, 0.05) is 24.2 Å². The Morgan fingerprint density at radius 3 is 2.64 bits per heavy atom. The van der Waals surface area contributed by atoms with Gasteiger partial charge in [-0.25, -0.2) is 4.79 Å². The zero-order valence-corrected chi connectivity index (χ0v) is 12.3. The molecule has 2 aromatic carbocycles. The Hall–Kier alpha value is -2.55. The molecule has 0 aliphatic carbocycles. The first kappa shape index (κ1) is 14.4. The quantitative estimate of drug-likeness (QED) is 0.814. The van der Waals surface area contributed by atoms with Gasteiger partial charge in [-0.05, 0) is 35.6 Å². The summed E-state index contributed by atoms with van der Waals surface area (Å²) in [6, 6.07) is 18.1. The molecule has 2 N–H and O–H groups in total. The molecular weight excluding hydrogens is 274 g/mol. The fraction of sp³-hybridized carbons (Fsp3) is 0.211. The summed E-state index contributed by atoms with van der Waals surface area (Å²) in [4.78, 5) is 11.1. The number of benzene rings is 2. The number of carboxylic acids is 1. The van der Waals surface area contributed by atoms with Gasteiger partial charge in [-0.2, -0.15) is 0 Å². The summed E-state index contributed by atoms with van der Waals surface area (Å²) < 4.78 is 0. The van der Waals surface area contributed by atoms with E-state index in [2.05, 4.69) is 23.5 Å². The van der Waals surface area contributed by atoms with Crippen LogP contribution in [0, 0.1) is 0 Å². The number of rotatable bonds is 5. The second-order valence-electron chi connectivity index (χ2n) is 5.58. The predicted octanol–water partition coefficient (Wildman–Crippen LogP) is 4.14. The molecule has 0 radical (unpaired) electrons. The van der Waals surface area contributed by atoms with E-state index >= 15 is 0 Å². The SMILES string of the molecule is O=C(O)/C=C(\CCC1CNc2ccccc21)c1ccccc1. The van der Waals surface area contributed by atoms with Crippen LogP contribution in [-0.2, 0) is 4.79 Å². The first-order chi connectivity index (χ1) is 10.7. The van der Waals surface area contributed by atoms with E-state index < -0.39 is 5.97 Å². The van der Waals surface area contributed by atoms with Gasteiger partial charge in [0.2, 0.25) is 0 Å². The average Bonchev–Trinajstić information content (AvgIpc) is 2.95. The van der Waals surface area contributed by atoms with Crippen LogP contribution in [0.25, 0.3) is 5.57 Å². The van der Waals surface area contributed by atoms with Crippen LogP contribution >= 0.6 is 0 Å². The molecule has 0 spiro atoms. The normalized spacial score (nSPS) is 16.9. The van der Waals surface area contributed by atoms with Gasteiger partial charge in [-0.3, -0.25) is 0 Å². The summed E-state index contributed by atoms with van der Waals surface area (Å²) in [5.74, 6) is -0.444. The van der Waals surface area contributed by atoms with E-state index in [0.29, 0.717) is 5.92 Å². The van der Waals surface area contributed by atoms with Crippen molar-refractivity contribution in [3.05, 3.63) is 71.8 Å². The lowest BCUT2D eigenvalue weighted by molar-refractivity contribution is -0.131. The van der Waals surface area contributed by atoms with Gasteiger partial charge >= 0.3 is 5.97 Å². The third-order valence-electron chi connectivity index (χ3n) is 4.14. The summed E-state index contributed by atoms with van der Waals surface area (Å²) >= 11 is 0. The number of hydrogen-bond donors (Lipinski definition) is 2. The molecule has 0 saturated carbocycles. The topological polar surface area (TPSA) is 49.3 Å². The fourth-order valence-electron chi connectivity index (χ4n) is 3.05. The van der Waals surface area contributed by atoms with Crippen molar-refractivity contribution in [2.24, 2.45) is 0 Å². The zero-order chi connectivity index (χ0) is 15.4. The minimum atomic E-state index is -0.885. The standard InChI is InChI=1S/C19H19NO2/c21-19(22)12-15(14-6-2-1-3-7-14)10-11-16-13-20-18-9-5-4-8-17(16)18/h1-9,12,16,20H,10-11,13H2,(H,21,22)/b15-12+. The third kappa shape index (κ3) is 3.19. The van der Waals surface area contributed by atoms with E-state index in [-0.39, 0.29) is 0 Å². The van der Waals surface area contributed by atoms with Crippen LogP contribution in [0.4, 0.5) is 5.69 Å². The lowest BCUT2D eigenvalue weighted by atomic mass is 9.91. The van der Waals surface area contributed by atoms with Crippen LogP contribution < -0.4 is 5.32 Å². The minimum Gasteiger partial charge on any atom is -0.478 e. The Kier molecular flexibility index (Phi) is 4.24. The highest BCUT2D eigenvalue weighted by Crippen LogP contribution is 2.35. The highest BCUT2D eigenvalue weighted by atomic mass is 16.4. The van der Waals surface area contributed by atoms with Crippen LogP contribution in [0.2, 0.25) is 0 Å². The summed E-state index contributed by atoms with van der Waals surface area (Å²) in [6.07, 6.45) is 3.04. The molecule has 1 unspecified atom stereocenters. The molecule has 1 heterocycles. The molecule has 0 bridgehead atoms. The summed E-state index contributed by atoms with van der Waals surface area (Å²) in [7, 11) is 0. The van der Waals surface area contributed by atoms with E-state index in [1.54, 1.807) is 0 Å². The largest absolute Gasteiger partial charge is 0.478 e. The molecule has 3 heteroatoms. The van der Waals surface area contributed by atoms with Crippen molar-refractivity contribution in [3.63, 3.8) is 0 Å². The van der Waals surface area contributed by atoms with Gasteiger partial charge < -0.3 is 10.4 Å². The molecule has 0 aromatic heterocycles. The van der Waals surface area contributed by atoms with Gasteiger partial charge in [-0.1, -0.05) is 48.5 Å². The zero-order valence-electron chi connectivity index (χ0n) is 12.3. The van der Waals surface area contributed by atoms with Gasteiger partial charge in [0.15, 0.2) is 0 Å². The van der Waals surface area contributed by atoms with Crippen LogP contribution in [-0.4, -0.2) is 17.6 Å². The predicted molar refractivity (Wildman–Crippen MR) is 89.0 cm³/mol. The molecule has 22 heavy (non-hydrogen) atoms. The molecule has 1 aliphatic heterocycles. The Bertz CT molecular complexity index is 692. The molecule has 3 nitrogen and oxygen atoms in total. The number of carbonyl (C=O) groups is 1. The summed E-state index contributed by atoms with van der Waals surface area (Å²) in [6.45, 7) is 0.925. The molecule has 2 aromatic rings. The smallest absolute Gasteiger partial charge is 0.328 e. The Labute approximate surface area is 130 Å². The van der Waals surface area contributed by atoms with Gasteiger partial charge in [-0.15, -0.1) is 0 Å². The van der Waals surface area contributed by atoms with Gasteiger partial charge in [0.1, 0.15) is 0 Å². The maximum Gasteiger partial charge on any atom is 0.328 e. The van der Waals surface area contributed by atoms with Crippen molar-refractivity contribution >= 4 is 17.2 Å². The minimum absolute atomic E-state index is 0.442. The number of carboxylic acid groups (broad SMARTS) is 1. The highest BCUT2D eigenvalue weighted by molar-refractivity contribution is 5.90. The van der Waals surface area contributed by atoms with Crippen molar-refractivity contribution in [3.8, 4) is 0 Å². The van der Waals surface area contributed by atoms with E-state index in [4.69, 9.17) is 5.11 Å². The van der Waals surface area contributed by atoms with E-state index in [0.717, 1.165) is 30.5 Å². The number of fused-ring (bicyclic) bond motifs is 1. The van der Waals surface area contributed by atoms with E-state index in [9.17, 15) is 4.79 Å². The number of nitrogens with one attached hydrogen (secondary N) is 1. The van der Waals surface area contributed by atoms with Gasteiger partial charge in [0.25, 0.3) is 0 Å². The van der Waals surface area contributed by atoms with E-state index in [1.807, 2.05) is 36.4 Å². The molecule has 0 saturated heterocycles. The first-order valence-corrected chi connectivity index (χ1v) is 7.56. The van der Waals surface area contributed by atoms with E-state index in [1.165, 1.54) is 17.3 Å². The fourth-order valence-corrected chi connectivity index (χ4v) is 3.05. The lowest BCUT2D eigenvalue weighted by Gasteiger charge is -2.12. The van der Waals surface area contributed by atoms with Crippen molar-refractivity contribution in [2.45, 2.75) is 18.8 Å². The number of aliphatic carboxylic acids is 1. The van der Waals surface area contributed by atoms with Crippen LogP contribution in [0.1, 0.15) is 29.9 Å². The third-order valence-corrected chi connectivity index (χ3v) is 4.14. The maximum absolute atomic E-state index is 11.1. The van der Waals surface area contributed by atoms with Gasteiger partial charge in [0.05, 0.1) is 0 Å².